The summed E-state index contributed by atoms with van der Waals surface area (Å²) in [4.78, 5) is 115. The SMILES string of the molecule is COC1CC(/C=C(\C)[C@H]2OC(=O)C3CCCCN3C(=O)C(=O)C3(O)OC(C(OC)CC3C)[C@@H](OC)C[C@@H](C)C/C(C)=C/[C@@H](CCOC(=O)ON3C(=O)CCC3=O)C(=O)CC(CC(C)(C)[Si](C)(C)O)C2C)CCC1O[Si](C)(C)C(C)(C)C. The lowest BCUT2D eigenvalue weighted by Gasteiger charge is -2.47. The van der Waals surface area contributed by atoms with Crippen LogP contribution in [0.3, 0.4) is 0 Å². The molecule has 5 aliphatic rings. The molecule has 21 heteroatoms. The van der Waals surface area contributed by atoms with Crippen LogP contribution in [-0.4, -0.2) is 161 Å². The maximum absolute atomic E-state index is 15.3. The van der Waals surface area contributed by atoms with E-state index in [0.29, 0.717) is 43.6 Å². The number of amides is 3. The molecule has 0 aromatic rings. The number of ketones is 2. The Labute approximate surface area is 484 Å². The van der Waals surface area contributed by atoms with E-state index in [1.807, 2.05) is 60.7 Å². The molecule has 1 saturated carbocycles. The van der Waals surface area contributed by atoms with Crippen molar-refractivity contribution in [2.45, 2.75) is 244 Å². The summed E-state index contributed by atoms with van der Waals surface area (Å²) < 4.78 is 43.6. The molecule has 3 saturated heterocycles. The second-order valence-corrected chi connectivity index (χ2v) is 36.2. The number of ether oxygens (including phenoxy) is 6. The molecule has 10 unspecified atom stereocenters. The number of piperidine rings is 1. The minimum Gasteiger partial charge on any atom is -0.456 e. The molecular weight excluding hydrogens is 1080 g/mol. The van der Waals surface area contributed by atoms with E-state index in [1.165, 1.54) is 19.1 Å². The zero-order valence-corrected chi connectivity index (χ0v) is 53.9. The van der Waals surface area contributed by atoms with Crippen LogP contribution in [0.2, 0.25) is 36.3 Å². The number of aliphatic hydroxyl groups is 1. The third-order valence-electron chi connectivity index (χ3n) is 19.1. The van der Waals surface area contributed by atoms with Crippen molar-refractivity contribution in [3.05, 3.63) is 23.3 Å². The Hall–Kier alpha value is -3.68. The fourth-order valence-electron chi connectivity index (χ4n) is 12.3. The fourth-order valence-corrected chi connectivity index (χ4v) is 14.4. The van der Waals surface area contributed by atoms with Gasteiger partial charge in [-0.15, -0.1) is 0 Å². The van der Waals surface area contributed by atoms with Crippen molar-refractivity contribution in [1.82, 2.24) is 9.96 Å². The number of imide groups is 1. The van der Waals surface area contributed by atoms with Crippen LogP contribution in [0.15, 0.2) is 23.3 Å². The first kappa shape index (κ1) is 68.1. The highest BCUT2D eigenvalue weighted by Gasteiger charge is 2.57. The standard InChI is InChI=1S/C60H100N2O17Si2/c1-36-28-37(2)30-48(73-12)53-49(74-13)32-39(4)60(70,77-53)54(66)55(67)61-26-19-18-20-44(61)56(68)76-52(38(3)31-41-21-22-46(47(33-41)72-11)79-81(16,17)58(6,7)8)40(5)43(35-59(9,10)80(14,15)71)34-45(63)42(29-36)25-27-75-57(69)78-62-50(64)23-24-51(62)65/h29,31,37,39-44,46-49,52-53,70-71H,18-28,30,32-35H2,1-17H3/b36-29+,38-31+/t37-,39?,40?,41?,42+,43?,44?,46?,47?,48-,49?,52+,53?,60?/m0/s1. The summed E-state index contributed by atoms with van der Waals surface area (Å²) in [7, 11) is -0.424. The molecule has 4 aliphatic heterocycles. The predicted molar refractivity (Wildman–Crippen MR) is 308 cm³/mol. The first-order chi connectivity index (χ1) is 37.6. The molecule has 5 rings (SSSR count). The molecule has 14 atom stereocenters. The van der Waals surface area contributed by atoms with Crippen molar-refractivity contribution < 1.29 is 81.1 Å². The number of methoxy groups -OCH3 is 3. The lowest BCUT2D eigenvalue weighted by Crippen LogP contribution is -2.64. The molecule has 4 heterocycles. The summed E-state index contributed by atoms with van der Waals surface area (Å²) in [5, 5.41) is 12.1. The van der Waals surface area contributed by atoms with E-state index in [-0.39, 0.29) is 86.5 Å². The second kappa shape index (κ2) is 28.0. The molecule has 460 valence electrons. The number of carbonyl (C=O) groups excluding carboxylic acids is 7. The molecule has 2 bridgehead atoms. The van der Waals surface area contributed by atoms with E-state index in [9.17, 15) is 33.9 Å². The number of allylic oxidation sites excluding steroid dienone is 3. The summed E-state index contributed by atoms with van der Waals surface area (Å²) in [6.07, 6.45) is 3.57. The number of hydroxylamine groups is 2. The quantitative estimate of drug-likeness (QED) is 0.0541. The van der Waals surface area contributed by atoms with Gasteiger partial charge in [0, 0.05) is 64.9 Å². The molecule has 0 aromatic carbocycles. The maximum Gasteiger partial charge on any atom is 0.533 e. The number of hydrogen-bond donors (Lipinski definition) is 2. The van der Waals surface area contributed by atoms with Crippen LogP contribution >= 0.6 is 0 Å². The fraction of sp³-hybridized carbons (Fsp3) is 0.817. The number of hydrogen-bond acceptors (Lipinski definition) is 17. The predicted octanol–water partition coefficient (Wildman–Crippen LogP) is 9.32. The molecule has 0 aromatic heterocycles. The van der Waals surface area contributed by atoms with Crippen molar-refractivity contribution in [2.75, 3.05) is 34.5 Å². The van der Waals surface area contributed by atoms with Gasteiger partial charge in [-0.3, -0.25) is 28.8 Å². The maximum atomic E-state index is 15.3. The second-order valence-electron chi connectivity index (χ2n) is 27.0. The Kier molecular flexibility index (Phi) is 23.6. The van der Waals surface area contributed by atoms with Crippen LogP contribution in [0.4, 0.5) is 4.79 Å². The van der Waals surface area contributed by atoms with Crippen LogP contribution < -0.4 is 0 Å². The number of nitrogens with zero attached hydrogens (tertiary/aromatic N) is 2. The Bertz CT molecular complexity index is 2290. The largest absolute Gasteiger partial charge is 0.533 e. The summed E-state index contributed by atoms with van der Waals surface area (Å²) in [6.45, 7) is 27.9. The normalized spacial score (nSPS) is 34.2. The van der Waals surface area contributed by atoms with E-state index < -0.39 is 117 Å². The molecule has 81 heavy (non-hydrogen) atoms. The summed E-state index contributed by atoms with van der Waals surface area (Å²) >= 11 is 0. The van der Waals surface area contributed by atoms with Gasteiger partial charge in [0.2, 0.25) is 5.79 Å². The van der Waals surface area contributed by atoms with E-state index >= 15 is 9.59 Å². The first-order valence-electron chi connectivity index (χ1n) is 29.6. The third kappa shape index (κ3) is 16.8. The molecule has 3 amide bonds. The smallest absolute Gasteiger partial charge is 0.456 e. The van der Waals surface area contributed by atoms with Crippen LogP contribution in [0, 0.1) is 35.5 Å². The topological polar surface area (TPSA) is 240 Å². The van der Waals surface area contributed by atoms with E-state index in [0.717, 1.165) is 24.0 Å². The van der Waals surface area contributed by atoms with E-state index in [4.69, 9.17) is 37.7 Å². The molecule has 0 radical (unpaired) electrons. The van der Waals surface area contributed by atoms with Gasteiger partial charge in [0.1, 0.15) is 24.0 Å². The molecule has 0 spiro atoms. The van der Waals surface area contributed by atoms with Gasteiger partial charge in [0.25, 0.3) is 23.5 Å². The number of fused-ring (bicyclic) bond motifs is 3. The minimum absolute atomic E-state index is 0.00847. The van der Waals surface area contributed by atoms with Gasteiger partial charge in [-0.2, -0.15) is 0 Å². The van der Waals surface area contributed by atoms with Crippen molar-refractivity contribution in [3.8, 4) is 0 Å². The van der Waals surface area contributed by atoms with Crippen LogP contribution in [0.5, 0.6) is 0 Å². The first-order valence-corrected chi connectivity index (χ1v) is 35.5. The van der Waals surface area contributed by atoms with Crippen LogP contribution in [-0.2, 0) is 66.5 Å². The van der Waals surface area contributed by atoms with Crippen molar-refractivity contribution in [3.63, 3.8) is 0 Å². The number of carbonyl (C=O) groups is 7. The highest BCUT2D eigenvalue weighted by atomic mass is 28.4. The van der Waals surface area contributed by atoms with Gasteiger partial charge in [0.05, 0.1) is 31.0 Å². The number of esters is 1. The number of Topliss-reactive ketones (excluding diaryl/α,β-unsaturated/α-hetero) is 2. The number of cyclic esters (lactones) is 1. The zero-order valence-electron chi connectivity index (χ0n) is 51.9. The minimum atomic E-state index is -2.97. The average Bonchev–Trinajstić information content (AvgIpc) is 3.75. The van der Waals surface area contributed by atoms with Gasteiger partial charge in [-0.05, 0) is 144 Å². The van der Waals surface area contributed by atoms with Gasteiger partial charge >= 0.3 is 12.1 Å². The van der Waals surface area contributed by atoms with E-state index in [2.05, 4.69) is 39.9 Å². The van der Waals surface area contributed by atoms with Crippen molar-refractivity contribution in [2.24, 2.45) is 35.5 Å². The molecule has 4 fully saturated rings. The average molecular weight is 1180 g/mol. The molecular formula is C60H100N2O17Si2. The summed E-state index contributed by atoms with van der Waals surface area (Å²) in [6, 6.07) is -1.20. The third-order valence-corrected chi connectivity index (χ3v) is 27.1. The molecule has 1 aliphatic carbocycles. The van der Waals surface area contributed by atoms with Gasteiger partial charge in [-0.25, -0.2) is 9.59 Å². The lowest BCUT2D eigenvalue weighted by atomic mass is 9.75. The summed E-state index contributed by atoms with van der Waals surface area (Å²) in [5.41, 5.74) is 1.55. The zero-order chi connectivity index (χ0) is 60.7. The van der Waals surface area contributed by atoms with Crippen molar-refractivity contribution in [1.29, 1.82) is 0 Å². The van der Waals surface area contributed by atoms with Gasteiger partial charge < -0.3 is 47.6 Å². The Balaban J connectivity index is 1.64. The lowest BCUT2D eigenvalue weighted by molar-refractivity contribution is -0.302. The number of rotatable bonds is 14. The van der Waals surface area contributed by atoms with Gasteiger partial charge in [0.15, 0.2) is 16.6 Å². The molecule has 19 nitrogen and oxygen atoms in total. The van der Waals surface area contributed by atoms with E-state index in [1.54, 1.807) is 14.0 Å². The van der Waals surface area contributed by atoms with Crippen molar-refractivity contribution >= 4 is 58.0 Å². The van der Waals surface area contributed by atoms with Crippen LogP contribution in [0.1, 0.15) is 159 Å². The monoisotopic (exact) mass is 1180 g/mol. The Morgan fingerprint density at radius 1 is 0.840 bits per heavy atom. The molecule has 2 N–H and O–H groups in total. The van der Waals surface area contributed by atoms with Gasteiger partial charge in [-0.1, -0.05) is 78.2 Å². The Morgan fingerprint density at radius 2 is 1.46 bits per heavy atom. The highest BCUT2D eigenvalue weighted by Crippen LogP contribution is 2.47. The highest BCUT2D eigenvalue weighted by molar-refractivity contribution is 6.74. The van der Waals surface area contributed by atoms with Crippen LogP contribution in [0.25, 0.3) is 0 Å². The summed E-state index contributed by atoms with van der Waals surface area (Å²) in [5.74, 6) is -10.1. The Morgan fingerprint density at radius 3 is 2.05 bits per heavy atom.